The maximum absolute atomic E-state index is 13.0. The van der Waals surface area contributed by atoms with E-state index in [2.05, 4.69) is 5.32 Å². The highest BCUT2D eigenvalue weighted by Gasteiger charge is 2.27. The number of hydrogen-bond acceptors (Lipinski definition) is 4. The summed E-state index contributed by atoms with van der Waals surface area (Å²) >= 11 is 1.31. The van der Waals surface area contributed by atoms with Gasteiger partial charge in [0.25, 0.3) is 5.91 Å². The van der Waals surface area contributed by atoms with Gasteiger partial charge < -0.3 is 10.4 Å². The zero-order valence-corrected chi connectivity index (χ0v) is 16.7. The summed E-state index contributed by atoms with van der Waals surface area (Å²) in [6.07, 6.45) is 2.32. The van der Waals surface area contributed by atoms with Gasteiger partial charge in [-0.1, -0.05) is 49.4 Å². The predicted octanol–water partition coefficient (Wildman–Crippen LogP) is 3.73. The van der Waals surface area contributed by atoms with Crippen LogP contribution in [0.25, 0.3) is 11.1 Å². The first-order valence-corrected chi connectivity index (χ1v) is 10.4. The molecule has 3 amide bonds. The largest absolute Gasteiger partial charge is 0.480 e. The fourth-order valence-corrected chi connectivity index (χ4v) is 3.26. The zero-order chi connectivity index (χ0) is 20.5. The van der Waals surface area contributed by atoms with Crippen molar-refractivity contribution in [1.82, 2.24) is 10.2 Å². The molecule has 0 heterocycles. The summed E-state index contributed by atoms with van der Waals surface area (Å²) in [5.74, 6) is -1.36. The minimum absolute atomic E-state index is 0.200. The summed E-state index contributed by atoms with van der Waals surface area (Å²) in [5.41, 5.74) is 2.21. The molecule has 2 aromatic carbocycles. The number of urea groups is 1. The maximum Gasteiger partial charge on any atom is 0.327 e. The van der Waals surface area contributed by atoms with E-state index in [1.165, 1.54) is 11.8 Å². The molecule has 0 saturated carbocycles. The first kappa shape index (κ1) is 21.5. The molecule has 0 aliphatic heterocycles. The van der Waals surface area contributed by atoms with Crippen molar-refractivity contribution in [2.24, 2.45) is 0 Å². The number of benzene rings is 2. The Labute approximate surface area is 168 Å². The minimum Gasteiger partial charge on any atom is -0.480 e. The lowest BCUT2D eigenvalue weighted by atomic mass is 10.0. The SMILES string of the molecule is CCCN(C(=O)N[C@@H](CSC)C(=O)O)C(=O)c1cccc(-c2ccccc2)c1. The molecule has 148 valence electrons. The maximum atomic E-state index is 13.0. The monoisotopic (exact) mass is 400 g/mol. The Morgan fingerprint density at radius 3 is 2.36 bits per heavy atom. The van der Waals surface area contributed by atoms with Gasteiger partial charge in [-0.2, -0.15) is 11.8 Å². The molecule has 0 aromatic heterocycles. The van der Waals surface area contributed by atoms with Gasteiger partial charge in [0.2, 0.25) is 0 Å². The van der Waals surface area contributed by atoms with E-state index in [-0.39, 0.29) is 12.3 Å². The van der Waals surface area contributed by atoms with Crippen molar-refractivity contribution >= 4 is 29.7 Å². The van der Waals surface area contributed by atoms with Crippen molar-refractivity contribution in [2.75, 3.05) is 18.6 Å². The molecule has 0 aliphatic carbocycles. The molecule has 0 unspecified atom stereocenters. The summed E-state index contributed by atoms with van der Waals surface area (Å²) in [4.78, 5) is 38.0. The van der Waals surface area contributed by atoms with Gasteiger partial charge in [0.1, 0.15) is 6.04 Å². The number of thioether (sulfide) groups is 1. The third kappa shape index (κ3) is 5.60. The van der Waals surface area contributed by atoms with Gasteiger partial charge in [-0.25, -0.2) is 9.59 Å². The van der Waals surface area contributed by atoms with Crippen LogP contribution in [-0.4, -0.2) is 52.5 Å². The molecule has 6 nitrogen and oxygen atoms in total. The number of imide groups is 1. The predicted molar refractivity (Wildman–Crippen MR) is 112 cm³/mol. The Balaban J connectivity index is 2.25. The lowest BCUT2D eigenvalue weighted by molar-refractivity contribution is -0.138. The van der Waals surface area contributed by atoms with Crippen molar-refractivity contribution in [1.29, 1.82) is 0 Å². The van der Waals surface area contributed by atoms with Crippen molar-refractivity contribution in [2.45, 2.75) is 19.4 Å². The molecule has 7 heteroatoms. The van der Waals surface area contributed by atoms with E-state index in [1.807, 2.05) is 43.3 Å². The van der Waals surface area contributed by atoms with Crippen LogP contribution < -0.4 is 5.32 Å². The molecule has 0 bridgehead atoms. The van der Waals surface area contributed by atoms with Gasteiger partial charge in [-0.3, -0.25) is 9.69 Å². The third-order valence-electron chi connectivity index (χ3n) is 4.08. The second-order valence-corrected chi connectivity index (χ2v) is 7.11. The van der Waals surface area contributed by atoms with Crippen LogP contribution in [0.5, 0.6) is 0 Å². The van der Waals surface area contributed by atoms with Crippen molar-refractivity contribution in [3.63, 3.8) is 0 Å². The van der Waals surface area contributed by atoms with E-state index in [1.54, 1.807) is 24.5 Å². The van der Waals surface area contributed by atoms with E-state index in [4.69, 9.17) is 0 Å². The number of nitrogens with zero attached hydrogens (tertiary/aromatic N) is 1. The average molecular weight is 401 g/mol. The Morgan fingerprint density at radius 1 is 1.07 bits per heavy atom. The number of amides is 3. The number of carboxylic acids is 1. The van der Waals surface area contributed by atoms with Crippen molar-refractivity contribution in [3.05, 3.63) is 60.2 Å². The Kier molecular flexibility index (Phi) is 8.07. The number of carboxylic acid groups (broad SMARTS) is 1. The Bertz CT molecular complexity index is 826. The van der Waals surface area contributed by atoms with Gasteiger partial charge >= 0.3 is 12.0 Å². The van der Waals surface area contributed by atoms with Crippen LogP contribution >= 0.6 is 11.8 Å². The van der Waals surface area contributed by atoms with Gasteiger partial charge in [0, 0.05) is 17.9 Å². The van der Waals surface area contributed by atoms with Crippen LogP contribution in [0.2, 0.25) is 0 Å². The van der Waals surface area contributed by atoms with E-state index in [9.17, 15) is 19.5 Å². The molecular weight excluding hydrogens is 376 g/mol. The van der Waals surface area contributed by atoms with E-state index < -0.39 is 23.9 Å². The topological polar surface area (TPSA) is 86.7 Å². The molecule has 0 aliphatic rings. The zero-order valence-electron chi connectivity index (χ0n) is 15.9. The summed E-state index contributed by atoms with van der Waals surface area (Å²) in [6.45, 7) is 2.05. The Morgan fingerprint density at radius 2 is 1.75 bits per heavy atom. The molecule has 28 heavy (non-hydrogen) atoms. The fourth-order valence-electron chi connectivity index (χ4n) is 2.71. The molecule has 0 radical (unpaired) electrons. The normalized spacial score (nSPS) is 11.5. The third-order valence-corrected chi connectivity index (χ3v) is 4.75. The number of hydrogen-bond donors (Lipinski definition) is 2. The van der Waals surface area contributed by atoms with Gasteiger partial charge in [-0.15, -0.1) is 0 Å². The molecule has 0 spiro atoms. The summed E-state index contributed by atoms with van der Waals surface area (Å²) in [5, 5.41) is 11.7. The second kappa shape index (κ2) is 10.5. The Hall–Kier alpha value is -2.80. The van der Waals surface area contributed by atoms with Crippen LogP contribution in [0, 0.1) is 0 Å². The highest BCUT2D eigenvalue weighted by atomic mass is 32.2. The van der Waals surface area contributed by atoms with Crippen LogP contribution in [-0.2, 0) is 4.79 Å². The first-order chi connectivity index (χ1) is 13.5. The highest BCUT2D eigenvalue weighted by Crippen LogP contribution is 2.21. The van der Waals surface area contributed by atoms with Gasteiger partial charge in [0.15, 0.2) is 0 Å². The molecular formula is C21H24N2O4S. The molecule has 2 rings (SSSR count). The van der Waals surface area contributed by atoms with Crippen molar-refractivity contribution < 1.29 is 19.5 Å². The van der Waals surface area contributed by atoms with E-state index >= 15 is 0 Å². The minimum atomic E-state index is -1.13. The average Bonchev–Trinajstić information content (AvgIpc) is 2.71. The number of aliphatic carboxylic acids is 1. The highest BCUT2D eigenvalue weighted by molar-refractivity contribution is 7.98. The molecule has 0 saturated heterocycles. The van der Waals surface area contributed by atoms with Crippen molar-refractivity contribution in [3.8, 4) is 11.1 Å². The van der Waals surface area contributed by atoms with Crippen LogP contribution in [0.3, 0.4) is 0 Å². The molecule has 1 atom stereocenters. The second-order valence-electron chi connectivity index (χ2n) is 6.20. The summed E-state index contributed by atoms with van der Waals surface area (Å²) in [7, 11) is 0. The standard InChI is InChI=1S/C21H24N2O4S/c1-3-12-23(21(27)22-18(14-28-2)20(25)26)19(24)17-11-7-10-16(13-17)15-8-5-4-6-9-15/h4-11,13,18H,3,12,14H2,1-2H3,(H,22,27)(H,25,26)/t18-/m0/s1. The van der Waals surface area contributed by atoms with Gasteiger partial charge in [-0.05, 0) is 35.9 Å². The van der Waals surface area contributed by atoms with E-state index in [0.29, 0.717) is 12.0 Å². The number of nitrogens with one attached hydrogen (secondary N) is 1. The molecule has 2 N–H and O–H groups in total. The summed E-state index contributed by atoms with van der Waals surface area (Å²) in [6, 6.07) is 15.0. The quantitative estimate of drug-likeness (QED) is 0.705. The molecule has 2 aromatic rings. The van der Waals surface area contributed by atoms with Crippen LogP contribution in [0.1, 0.15) is 23.7 Å². The van der Waals surface area contributed by atoms with Crippen LogP contribution in [0.15, 0.2) is 54.6 Å². The smallest absolute Gasteiger partial charge is 0.327 e. The molecule has 0 fully saturated rings. The number of carbonyl (C=O) groups is 3. The lowest BCUT2D eigenvalue weighted by Crippen LogP contribution is -2.51. The number of rotatable bonds is 8. The van der Waals surface area contributed by atoms with Gasteiger partial charge in [0.05, 0.1) is 0 Å². The first-order valence-electron chi connectivity index (χ1n) is 8.97. The van der Waals surface area contributed by atoms with Crippen LogP contribution in [0.4, 0.5) is 4.79 Å². The lowest BCUT2D eigenvalue weighted by Gasteiger charge is -2.23. The number of carbonyl (C=O) groups excluding carboxylic acids is 2. The fraction of sp³-hybridized carbons (Fsp3) is 0.286. The van der Waals surface area contributed by atoms with E-state index in [0.717, 1.165) is 16.0 Å². The summed E-state index contributed by atoms with van der Waals surface area (Å²) < 4.78 is 0.